The van der Waals surface area contributed by atoms with Crippen LogP contribution >= 0.6 is 0 Å². The van der Waals surface area contributed by atoms with Crippen molar-refractivity contribution < 1.29 is 18.8 Å². The minimum Gasteiger partial charge on any atom is -0.494 e. The second kappa shape index (κ2) is 5.06. The lowest BCUT2D eigenvalue weighted by Gasteiger charge is -2.32. The molecule has 0 unspecified atom stereocenters. The van der Waals surface area contributed by atoms with Gasteiger partial charge in [-0.15, -0.1) is 0 Å². The zero-order valence-corrected chi connectivity index (χ0v) is 12.4. The SMILES string of the molecule is COc1cc(B2OC(C)(C)C(C)(C)O2)ccc1N=C=O. The van der Waals surface area contributed by atoms with E-state index < -0.39 is 18.3 Å². The lowest BCUT2D eigenvalue weighted by Crippen LogP contribution is -2.41. The van der Waals surface area contributed by atoms with E-state index in [-0.39, 0.29) is 0 Å². The molecule has 5 nitrogen and oxygen atoms in total. The highest BCUT2D eigenvalue weighted by molar-refractivity contribution is 6.62. The van der Waals surface area contributed by atoms with Crippen LogP contribution in [0.2, 0.25) is 0 Å². The third-order valence-corrected chi connectivity index (χ3v) is 3.90. The van der Waals surface area contributed by atoms with Crippen LogP contribution in [0.3, 0.4) is 0 Å². The molecule has 0 atom stereocenters. The fourth-order valence-electron chi connectivity index (χ4n) is 1.96. The molecule has 1 aliphatic heterocycles. The first kappa shape index (κ1) is 14.8. The molecule has 0 aromatic heterocycles. The van der Waals surface area contributed by atoms with Gasteiger partial charge in [-0.1, -0.05) is 6.07 Å². The van der Waals surface area contributed by atoms with Crippen LogP contribution < -0.4 is 10.2 Å². The molecule has 1 aliphatic rings. The first-order chi connectivity index (χ1) is 9.30. The molecule has 1 aromatic rings. The van der Waals surface area contributed by atoms with Crippen molar-refractivity contribution in [3.63, 3.8) is 0 Å². The Morgan fingerprint density at radius 3 is 2.30 bits per heavy atom. The summed E-state index contributed by atoms with van der Waals surface area (Å²) in [7, 11) is 1.05. The fraction of sp³-hybridized carbons (Fsp3) is 0.500. The molecule has 0 aliphatic carbocycles. The number of isocyanates is 1. The van der Waals surface area contributed by atoms with E-state index in [0.717, 1.165) is 5.46 Å². The number of benzene rings is 1. The maximum absolute atomic E-state index is 10.4. The highest BCUT2D eigenvalue weighted by atomic mass is 16.7. The van der Waals surface area contributed by atoms with Crippen LogP contribution in [0.1, 0.15) is 27.7 Å². The van der Waals surface area contributed by atoms with Crippen LogP contribution in [-0.4, -0.2) is 31.5 Å². The molecule has 1 aromatic carbocycles. The Labute approximate surface area is 119 Å². The Morgan fingerprint density at radius 2 is 1.80 bits per heavy atom. The summed E-state index contributed by atoms with van der Waals surface area (Å²) in [5.74, 6) is 0.487. The van der Waals surface area contributed by atoms with Gasteiger partial charge in [0.2, 0.25) is 6.08 Å². The van der Waals surface area contributed by atoms with Crippen molar-refractivity contribution >= 4 is 24.3 Å². The molecule has 0 amide bonds. The van der Waals surface area contributed by atoms with Crippen LogP contribution in [0.15, 0.2) is 23.2 Å². The molecule has 2 rings (SSSR count). The van der Waals surface area contributed by atoms with Crippen LogP contribution in [0.5, 0.6) is 5.75 Å². The number of hydrogen-bond donors (Lipinski definition) is 0. The van der Waals surface area contributed by atoms with Gasteiger partial charge in [0.1, 0.15) is 11.4 Å². The Kier molecular flexibility index (Phi) is 3.74. The van der Waals surface area contributed by atoms with Crippen LogP contribution in [0.25, 0.3) is 0 Å². The third kappa shape index (κ3) is 2.50. The first-order valence-electron chi connectivity index (χ1n) is 6.42. The highest BCUT2D eigenvalue weighted by Gasteiger charge is 2.51. The lowest BCUT2D eigenvalue weighted by molar-refractivity contribution is 0.00578. The first-order valence-corrected chi connectivity index (χ1v) is 6.42. The molecule has 0 bridgehead atoms. The summed E-state index contributed by atoms with van der Waals surface area (Å²) < 4.78 is 17.1. The lowest BCUT2D eigenvalue weighted by atomic mass is 9.79. The average molecular weight is 275 g/mol. The predicted octanol–water partition coefficient (Wildman–Crippen LogP) is 1.96. The van der Waals surface area contributed by atoms with Gasteiger partial charge in [-0.25, -0.2) is 4.79 Å². The number of ether oxygens (including phenoxy) is 1. The molecular formula is C14H18BNO4. The number of rotatable bonds is 3. The molecular weight excluding hydrogens is 257 g/mol. The number of aliphatic imine (C=N–C) groups is 1. The summed E-state index contributed by atoms with van der Waals surface area (Å²) in [6, 6.07) is 5.25. The Balaban J connectivity index is 2.34. The van der Waals surface area contributed by atoms with Crippen molar-refractivity contribution in [1.29, 1.82) is 0 Å². The third-order valence-electron chi connectivity index (χ3n) is 3.90. The molecule has 106 valence electrons. The number of methoxy groups -OCH3 is 1. The quantitative estimate of drug-likeness (QED) is 0.480. The van der Waals surface area contributed by atoms with Crippen LogP contribution in [-0.2, 0) is 14.1 Å². The van der Waals surface area contributed by atoms with E-state index >= 15 is 0 Å². The molecule has 0 N–H and O–H groups in total. The van der Waals surface area contributed by atoms with Crippen LogP contribution in [0, 0.1) is 0 Å². The van der Waals surface area contributed by atoms with Gasteiger partial charge in [0.15, 0.2) is 0 Å². The van der Waals surface area contributed by atoms with Crippen LogP contribution in [0.4, 0.5) is 5.69 Å². The van der Waals surface area contributed by atoms with Gasteiger partial charge >= 0.3 is 7.12 Å². The fourth-order valence-corrected chi connectivity index (χ4v) is 1.96. The maximum Gasteiger partial charge on any atom is 0.494 e. The highest BCUT2D eigenvalue weighted by Crippen LogP contribution is 2.37. The van der Waals surface area contributed by atoms with Gasteiger partial charge in [0.05, 0.1) is 18.3 Å². The molecule has 1 saturated heterocycles. The minimum atomic E-state index is -0.469. The molecule has 0 radical (unpaired) electrons. The molecule has 20 heavy (non-hydrogen) atoms. The van der Waals surface area contributed by atoms with E-state index in [1.54, 1.807) is 18.2 Å². The average Bonchev–Trinajstić information content (AvgIpc) is 2.59. The van der Waals surface area contributed by atoms with Gasteiger partial charge in [-0.2, -0.15) is 4.99 Å². The molecule has 6 heteroatoms. The van der Waals surface area contributed by atoms with E-state index in [1.807, 2.05) is 27.7 Å². The largest absolute Gasteiger partial charge is 0.494 e. The maximum atomic E-state index is 10.4. The van der Waals surface area contributed by atoms with Gasteiger partial charge in [0, 0.05) is 0 Å². The van der Waals surface area contributed by atoms with E-state index in [0.29, 0.717) is 11.4 Å². The van der Waals surface area contributed by atoms with Gasteiger partial charge in [-0.3, -0.25) is 0 Å². The monoisotopic (exact) mass is 275 g/mol. The molecule has 0 saturated carbocycles. The van der Waals surface area contributed by atoms with E-state index in [2.05, 4.69) is 4.99 Å². The molecule has 1 fully saturated rings. The summed E-state index contributed by atoms with van der Waals surface area (Å²) in [5, 5.41) is 0. The van der Waals surface area contributed by atoms with Gasteiger partial charge in [0.25, 0.3) is 0 Å². The van der Waals surface area contributed by atoms with Crippen molar-refractivity contribution in [2.75, 3.05) is 7.11 Å². The van der Waals surface area contributed by atoms with Crippen molar-refractivity contribution in [3.8, 4) is 5.75 Å². The molecule has 1 heterocycles. The van der Waals surface area contributed by atoms with E-state index in [9.17, 15) is 4.79 Å². The Hall–Kier alpha value is -1.62. The Morgan fingerprint density at radius 1 is 1.20 bits per heavy atom. The summed E-state index contributed by atoms with van der Waals surface area (Å²) in [4.78, 5) is 13.9. The number of hydrogen-bond acceptors (Lipinski definition) is 5. The van der Waals surface area contributed by atoms with Crippen molar-refractivity contribution in [3.05, 3.63) is 18.2 Å². The Bertz CT molecular complexity index is 548. The normalized spacial score (nSPS) is 19.6. The predicted molar refractivity (Wildman–Crippen MR) is 76.5 cm³/mol. The summed E-state index contributed by atoms with van der Waals surface area (Å²) in [5.41, 5.74) is 0.461. The summed E-state index contributed by atoms with van der Waals surface area (Å²) >= 11 is 0. The van der Waals surface area contributed by atoms with E-state index in [4.69, 9.17) is 14.0 Å². The van der Waals surface area contributed by atoms with Crippen molar-refractivity contribution in [2.45, 2.75) is 38.9 Å². The van der Waals surface area contributed by atoms with Crippen molar-refractivity contribution in [2.24, 2.45) is 4.99 Å². The smallest absolute Gasteiger partial charge is 0.494 e. The number of carbonyl (C=O) groups excluding carboxylic acids is 1. The second-order valence-electron chi connectivity index (χ2n) is 5.72. The zero-order chi connectivity index (χ0) is 15.0. The standard InChI is InChI=1S/C14H18BNO4/c1-13(2)14(3,4)20-15(19-13)10-6-7-11(16-9-17)12(8-10)18-5/h6-8H,1-5H3. The minimum absolute atomic E-state index is 0.398. The van der Waals surface area contributed by atoms with Gasteiger partial charge in [-0.05, 0) is 45.3 Å². The topological polar surface area (TPSA) is 57.1 Å². The zero-order valence-electron chi connectivity index (χ0n) is 12.4. The summed E-state index contributed by atoms with van der Waals surface area (Å²) in [6.07, 6.45) is 1.51. The van der Waals surface area contributed by atoms with Gasteiger partial charge < -0.3 is 14.0 Å². The second-order valence-corrected chi connectivity index (χ2v) is 5.72. The number of nitrogens with zero attached hydrogens (tertiary/aromatic N) is 1. The summed E-state index contributed by atoms with van der Waals surface area (Å²) in [6.45, 7) is 7.98. The molecule has 0 spiro atoms. The van der Waals surface area contributed by atoms with Crippen molar-refractivity contribution in [1.82, 2.24) is 0 Å². The van der Waals surface area contributed by atoms with E-state index in [1.165, 1.54) is 13.2 Å².